The first kappa shape index (κ1) is 25.4. The fourth-order valence-electron chi connectivity index (χ4n) is 3.91. The largest absolute Gasteiger partial charge is 0.485 e. The predicted molar refractivity (Wildman–Crippen MR) is 153 cm³/mol. The third-order valence-corrected chi connectivity index (χ3v) is 7.09. The van der Waals surface area contributed by atoms with Gasteiger partial charge in [0.05, 0.1) is 0 Å². The van der Waals surface area contributed by atoms with Crippen molar-refractivity contribution in [2.45, 2.75) is 29.9 Å². The van der Waals surface area contributed by atoms with Crippen molar-refractivity contribution < 1.29 is 14.3 Å². The molecular formula is C34H28O3S. The Hall–Kier alpha value is -4.28. The van der Waals surface area contributed by atoms with Crippen LogP contribution < -0.4 is 9.47 Å². The summed E-state index contributed by atoms with van der Waals surface area (Å²) in [6.45, 7) is 2.92. The Kier molecular flexibility index (Phi) is 8.22. The van der Waals surface area contributed by atoms with Gasteiger partial charge in [-0.25, -0.2) is 0 Å². The zero-order chi connectivity index (χ0) is 26.2. The van der Waals surface area contributed by atoms with E-state index in [1.54, 1.807) is 11.8 Å². The molecule has 0 unspecified atom stereocenters. The number of ketones is 1. The fourth-order valence-corrected chi connectivity index (χ4v) is 4.75. The third-order valence-electron chi connectivity index (χ3n) is 6.07. The van der Waals surface area contributed by atoms with Gasteiger partial charge in [0.25, 0.3) is 0 Å². The van der Waals surface area contributed by atoms with Crippen molar-refractivity contribution >= 4 is 17.5 Å². The van der Waals surface area contributed by atoms with Crippen LogP contribution in [-0.2, 0) is 13.2 Å². The summed E-state index contributed by atoms with van der Waals surface area (Å²) in [7, 11) is 0. The second-order valence-electron chi connectivity index (χ2n) is 8.98. The lowest BCUT2D eigenvalue weighted by molar-refractivity contribution is 0.103. The normalized spacial score (nSPS) is 10.7. The fraction of sp³-hybridized carbons (Fsp3) is 0.0882. The molecule has 5 aromatic carbocycles. The van der Waals surface area contributed by atoms with Crippen molar-refractivity contribution in [3.63, 3.8) is 0 Å². The molecule has 5 aromatic rings. The first-order chi connectivity index (χ1) is 18.6. The average molecular weight is 517 g/mol. The van der Waals surface area contributed by atoms with Gasteiger partial charge in [0.15, 0.2) is 17.3 Å². The van der Waals surface area contributed by atoms with Gasteiger partial charge >= 0.3 is 0 Å². The number of hydrogen-bond acceptors (Lipinski definition) is 4. The molecule has 38 heavy (non-hydrogen) atoms. The van der Waals surface area contributed by atoms with Gasteiger partial charge in [0.1, 0.15) is 13.2 Å². The maximum Gasteiger partial charge on any atom is 0.193 e. The van der Waals surface area contributed by atoms with Crippen LogP contribution in [0.5, 0.6) is 11.5 Å². The molecule has 0 aliphatic rings. The summed E-state index contributed by atoms with van der Waals surface area (Å²) in [5, 5.41) is 0. The summed E-state index contributed by atoms with van der Waals surface area (Å²) in [5.41, 5.74) is 4.63. The molecular weight excluding hydrogens is 488 g/mol. The van der Waals surface area contributed by atoms with Crippen LogP contribution in [0.15, 0.2) is 137 Å². The van der Waals surface area contributed by atoms with Gasteiger partial charge in [-0.15, -0.1) is 0 Å². The van der Waals surface area contributed by atoms with Crippen molar-refractivity contribution in [1.29, 1.82) is 0 Å². The molecule has 0 radical (unpaired) electrons. The Morgan fingerprint density at radius 2 is 1.00 bits per heavy atom. The van der Waals surface area contributed by atoms with Crippen molar-refractivity contribution in [3.05, 3.63) is 155 Å². The van der Waals surface area contributed by atoms with E-state index in [9.17, 15) is 4.79 Å². The summed E-state index contributed by atoms with van der Waals surface area (Å²) in [6, 6.07) is 41.5. The standard InChI is InChI=1S/C34H28O3S/c1-25-11-13-26(14-12-25)23-36-32-9-5-6-10-33(32)37-24-27-15-17-28(18-16-27)34(35)29-19-21-31(22-20-29)38-30-7-3-2-4-8-30/h2-22H,23-24H2,1H3. The van der Waals surface area contributed by atoms with E-state index >= 15 is 0 Å². The maximum atomic E-state index is 13.0. The molecule has 0 bridgehead atoms. The van der Waals surface area contributed by atoms with Gasteiger partial charge in [0, 0.05) is 20.9 Å². The number of para-hydroxylation sites is 2. The monoisotopic (exact) mass is 516 g/mol. The molecule has 0 spiro atoms. The van der Waals surface area contributed by atoms with Crippen LogP contribution in [0.2, 0.25) is 0 Å². The van der Waals surface area contributed by atoms with E-state index in [0.29, 0.717) is 35.8 Å². The molecule has 3 nitrogen and oxygen atoms in total. The lowest BCUT2D eigenvalue weighted by Crippen LogP contribution is -2.03. The Bertz CT molecular complexity index is 1480. The molecule has 0 aliphatic heterocycles. The van der Waals surface area contributed by atoms with Crippen LogP contribution >= 0.6 is 11.8 Å². The van der Waals surface area contributed by atoms with Gasteiger partial charge < -0.3 is 9.47 Å². The van der Waals surface area contributed by atoms with Crippen LogP contribution in [0.1, 0.15) is 32.6 Å². The number of hydrogen-bond donors (Lipinski definition) is 0. The summed E-state index contributed by atoms with van der Waals surface area (Å²) < 4.78 is 12.1. The Morgan fingerprint density at radius 3 is 1.55 bits per heavy atom. The average Bonchev–Trinajstić information content (AvgIpc) is 2.97. The van der Waals surface area contributed by atoms with Crippen molar-refractivity contribution in [2.24, 2.45) is 0 Å². The summed E-state index contributed by atoms with van der Waals surface area (Å²) in [5.74, 6) is 1.39. The minimum atomic E-state index is 0.00332. The highest BCUT2D eigenvalue weighted by atomic mass is 32.2. The highest BCUT2D eigenvalue weighted by molar-refractivity contribution is 7.99. The van der Waals surface area contributed by atoms with E-state index in [0.717, 1.165) is 16.0 Å². The molecule has 0 heterocycles. The van der Waals surface area contributed by atoms with Crippen molar-refractivity contribution in [3.8, 4) is 11.5 Å². The lowest BCUT2D eigenvalue weighted by atomic mass is 10.0. The van der Waals surface area contributed by atoms with Crippen molar-refractivity contribution in [2.75, 3.05) is 0 Å². The second-order valence-corrected chi connectivity index (χ2v) is 10.1. The first-order valence-corrected chi connectivity index (χ1v) is 13.3. The highest BCUT2D eigenvalue weighted by Gasteiger charge is 2.10. The number of carbonyl (C=O) groups excluding carboxylic acids is 1. The van der Waals surface area contributed by atoms with Gasteiger partial charge in [-0.1, -0.05) is 96.2 Å². The van der Waals surface area contributed by atoms with E-state index < -0.39 is 0 Å². The van der Waals surface area contributed by atoms with E-state index in [4.69, 9.17) is 9.47 Å². The molecule has 0 atom stereocenters. The predicted octanol–water partition coefficient (Wildman–Crippen LogP) is 8.54. The van der Waals surface area contributed by atoms with E-state index in [-0.39, 0.29) is 5.78 Å². The molecule has 4 heteroatoms. The van der Waals surface area contributed by atoms with E-state index in [2.05, 4.69) is 43.3 Å². The number of ether oxygens (including phenoxy) is 2. The number of carbonyl (C=O) groups is 1. The molecule has 0 aliphatic carbocycles. The van der Waals surface area contributed by atoms with E-state index in [1.807, 2.05) is 91.0 Å². The summed E-state index contributed by atoms with van der Waals surface area (Å²) >= 11 is 1.68. The molecule has 5 rings (SSSR count). The SMILES string of the molecule is Cc1ccc(COc2ccccc2OCc2ccc(C(=O)c3ccc(Sc4ccccc4)cc3)cc2)cc1. The maximum absolute atomic E-state index is 13.0. The van der Waals surface area contributed by atoms with Gasteiger partial charge in [-0.05, 0) is 66.6 Å². The smallest absolute Gasteiger partial charge is 0.193 e. The van der Waals surface area contributed by atoms with Crippen LogP contribution in [0.25, 0.3) is 0 Å². The number of rotatable bonds is 10. The summed E-state index contributed by atoms with van der Waals surface area (Å²) in [4.78, 5) is 15.3. The molecule has 0 fully saturated rings. The minimum absolute atomic E-state index is 0.00332. The molecule has 0 saturated heterocycles. The Balaban J connectivity index is 1.17. The first-order valence-electron chi connectivity index (χ1n) is 12.5. The minimum Gasteiger partial charge on any atom is -0.485 e. The number of benzene rings is 5. The van der Waals surface area contributed by atoms with Crippen molar-refractivity contribution in [1.82, 2.24) is 0 Å². The molecule has 0 amide bonds. The molecule has 0 aromatic heterocycles. The lowest BCUT2D eigenvalue weighted by Gasteiger charge is -2.13. The highest BCUT2D eigenvalue weighted by Crippen LogP contribution is 2.29. The molecule has 188 valence electrons. The number of aryl methyl sites for hydroxylation is 1. The van der Waals surface area contributed by atoms with Crippen LogP contribution in [-0.4, -0.2) is 5.78 Å². The van der Waals surface area contributed by atoms with Crippen LogP contribution in [0.4, 0.5) is 0 Å². The zero-order valence-electron chi connectivity index (χ0n) is 21.2. The molecule has 0 N–H and O–H groups in total. The Labute approximate surface area is 228 Å². The van der Waals surface area contributed by atoms with Crippen LogP contribution in [0.3, 0.4) is 0 Å². The van der Waals surface area contributed by atoms with Gasteiger partial charge in [0.2, 0.25) is 0 Å². The summed E-state index contributed by atoms with van der Waals surface area (Å²) in [6.07, 6.45) is 0. The quantitative estimate of drug-likeness (QED) is 0.174. The van der Waals surface area contributed by atoms with E-state index in [1.165, 1.54) is 10.5 Å². The van der Waals surface area contributed by atoms with Crippen LogP contribution in [0, 0.1) is 6.92 Å². The Morgan fingerprint density at radius 1 is 0.553 bits per heavy atom. The third kappa shape index (κ3) is 6.72. The van der Waals surface area contributed by atoms with Gasteiger partial charge in [-0.3, -0.25) is 4.79 Å². The molecule has 0 saturated carbocycles. The second kappa shape index (κ2) is 12.3. The van der Waals surface area contributed by atoms with Gasteiger partial charge in [-0.2, -0.15) is 0 Å². The topological polar surface area (TPSA) is 35.5 Å². The zero-order valence-corrected chi connectivity index (χ0v) is 22.0.